The Kier molecular flexibility index (Phi) is 12.9. The summed E-state index contributed by atoms with van der Waals surface area (Å²) in [6.45, 7) is 11.1. The van der Waals surface area contributed by atoms with Gasteiger partial charge in [-0.25, -0.2) is 0 Å². The smallest absolute Gasteiger partial charge is 0.321 e. The third-order valence-electron chi connectivity index (χ3n) is 7.40. The van der Waals surface area contributed by atoms with Gasteiger partial charge in [-0.1, -0.05) is 49.6 Å². The second-order valence-corrected chi connectivity index (χ2v) is 9.41. The largest absolute Gasteiger partial charge is 0.456 e. The van der Waals surface area contributed by atoms with Gasteiger partial charge in [0.15, 0.2) is 0 Å². The highest BCUT2D eigenvalue weighted by Crippen LogP contribution is 2.48. The van der Waals surface area contributed by atoms with Gasteiger partial charge in [-0.2, -0.15) is 0 Å². The Hall–Kier alpha value is -3.17. The second-order valence-electron chi connectivity index (χ2n) is 9.41. The van der Waals surface area contributed by atoms with Crippen molar-refractivity contribution in [3.8, 4) is 36.0 Å². The Morgan fingerprint density at radius 2 is 1.36 bits per heavy atom. The van der Waals surface area contributed by atoms with E-state index in [1.807, 2.05) is 27.7 Å². The van der Waals surface area contributed by atoms with Crippen molar-refractivity contribution in [2.45, 2.75) is 112 Å². The molecule has 36 heavy (non-hydrogen) atoms. The molecule has 2 spiro atoms. The Labute approximate surface area is 217 Å². The standard InChI is InChI=1S/C11H16O2.C10H15NO3.C5H4.C4H6/c1-8-9(2)13-10(12)11(8)6-4-3-5-7-11;1-7-8(11-13)10(9(12)14-7)5-3-2-4-6-10;1-3-5-4-2;1-3-4-2/h3-7H2,1-2H3;7,13H,2-6H2,1H3;1H,2H3;1-2H3/t;7-;;/m.0../s1. The fourth-order valence-corrected chi connectivity index (χ4v) is 5.23. The zero-order valence-corrected chi connectivity index (χ0v) is 22.8. The average Bonchev–Trinajstić information content (AvgIpc) is 3.24. The summed E-state index contributed by atoms with van der Waals surface area (Å²) in [7, 11) is 0. The van der Waals surface area contributed by atoms with Crippen LogP contribution >= 0.6 is 0 Å². The van der Waals surface area contributed by atoms with Crippen LogP contribution in [0.4, 0.5) is 0 Å². The van der Waals surface area contributed by atoms with Crippen LogP contribution < -0.4 is 0 Å². The summed E-state index contributed by atoms with van der Waals surface area (Å²) in [6.07, 6.45) is 14.7. The fraction of sp³-hybridized carbons (Fsp3) is 0.633. The van der Waals surface area contributed by atoms with E-state index in [1.54, 1.807) is 13.8 Å². The van der Waals surface area contributed by atoms with Crippen molar-refractivity contribution in [3.05, 3.63) is 11.3 Å². The minimum Gasteiger partial charge on any atom is -0.456 e. The molecular formula is C30H41NO5. The van der Waals surface area contributed by atoms with E-state index in [0.717, 1.165) is 50.7 Å². The van der Waals surface area contributed by atoms with E-state index in [9.17, 15) is 9.59 Å². The molecule has 1 N–H and O–H groups in total. The van der Waals surface area contributed by atoms with Crippen LogP contribution in [0.5, 0.6) is 0 Å². The molecule has 0 aromatic rings. The van der Waals surface area contributed by atoms with E-state index < -0.39 is 5.41 Å². The van der Waals surface area contributed by atoms with Crippen LogP contribution in [0.15, 0.2) is 16.5 Å². The zero-order valence-electron chi connectivity index (χ0n) is 22.8. The van der Waals surface area contributed by atoms with Crippen molar-refractivity contribution in [1.82, 2.24) is 0 Å². The molecule has 3 fully saturated rings. The number of hydrogen-bond acceptors (Lipinski definition) is 6. The molecule has 2 aliphatic carbocycles. The van der Waals surface area contributed by atoms with Gasteiger partial charge in [0.2, 0.25) is 0 Å². The minimum absolute atomic E-state index is 0.00204. The van der Waals surface area contributed by atoms with Gasteiger partial charge in [-0.15, -0.1) is 18.3 Å². The summed E-state index contributed by atoms with van der Waals surface area (Å²) in [6, 6.07) is 0. The van der Waals surface area contributed by atoms with Crippen molar-refractivity contribution in [3.63, 3.8) is 0 Å². The van der Waals surface area contributed by atoms with Gasteiger partial charge < -0.3 is 14.7 Å². The normalized spacial score (nSPS) is 23.6. The SMILES string of the molecule is C#CC#CC.CC#CC.CC1=C(C)C2(CCCCC2)C(=O)O1.C[C@@H]1OC(=O)C2(CCCCC2)C1=NO. The number of ether oxygens (including phenoxy) is 2. The van der Waals surface area contributed by atoms with Gasteiger partial charge in [0.1, 0.15) is 23.0 Å². The van der Waals surface area contributed by atoms with Crippen molar-refractivity contribution in [2.24, 2.45) is 16.0 Å². The Morgan fingerprint density at radius 3 is 1.69 bits per heavy atom. The van der Waals surface area contributed by atoms with Crippen molar-refractivity contribution < 1.29 is 24.3 Å². The van der Waals surface area contributed by atoms with Crippen LogP contribution in [0.3, 0.4) is 0 Å². The lowest BCUT2D eigenvalue weighted by atomic mass is 9.70. The first kappa shape index (κ1) is 30.9. The molecular weight excluding hydrogens is 454 g/mol. The molecule has 6 heteroatoms. The molecule has 196 valence electrons. The Bertz CT molecular complexity index is 988. The number of allylic oxidation sites excluding steroid dienone is 1. The first-order valence-corrected chi connectivity index (χ1v) is 12.7. The van der Waals surface area contributed by atoms with Gasteiger partial charge in [0.25, 0.3) is 0 Å². The predicted molar refractivity (Wildman–Crippen MR) is 142 cm³/mol. The maximum atomic E-state index is 11.7. The van der Waals surface area contributed by atoms with E-state index >= 15 is 0 Å². The lowest BCUT2D eigenvalue weighted by Crippen LogP contribution is -2.36. The molecule has 0 aromatic heterocycles. The third kappa shape index (κ3) is 7.18. The van der Waals surface area contributed by atoms with Crippen LogP contribution in [0, 0.1) is 46.9 Å². The van der Waals surface area contributed by atoms with Crippen molar-refractivity contribution in [2.75, 3.05) is 0 Å². The molecule has 2 heterocycles. The number of carbonyl (C=O) groups is 2. The Morgan fingerprint density at radius 1 is 0.861 bits per heavy atom. The number of esters is 2. The van der Waals surface area contributed by atoms with Crippen molar-refractivity contribution >= 4 is 17.7 Å². The number of nitrogens with zero attached hydrogens (tertiary/aromatic N) is 1. The second kappa shape index (κ2) is 15.1. The van der Waals surface area contributed by atoms with Crippen LogP contribution in [0.1, 0.15) is 106 Å². The first-order chi connectivity index (χ1) is 17.2. The molecule has 6 nitrogen and oxygen atoms in total. The number of cyclic esters (lactones) is 2. The molecule has 4 aliphatic rings. The maximum Gasteiger partial charge on any atom is 0.321 e. The first-order valence-electron chi connectivity index (χ1n) is 12.7. The van der Waals surface area contributed by atoms with E-state index in [1.165, 1.54) is 24.8 Å². The van der Waals surface area contributed by atoms with Crippen LogP contribution in [-0.4, -0.2) is 29.0 Å². The zero-order chi connectivity index (χ0) is 27.2. The summed E-state index contributed by atoms with van der Waals surface area (Å²) >= 11 is 0. The lowest BCUT2D eigenvalue weighted by molar-refractivity contribution is -0.149. The average molecular weight is 496 g/mol. The molecule has 1 saturated heterocycles. The van der Waals surface area contributed by atoms with E-state index in [-0.39, 0.29) is 23.5 Å². The van der Waals surface area contributed by atoms with E-state index in [4.69, 9.17) is 21.1 Å². The highest BCUT2D eigenvalue weighted by molar-refractivity contribution is 6.13. The third-order valence-corrected chi connectivity index (χ3v) is 7.40. The number of carbonyl (C=O) groups excluding carboxylic acids is 2. The number of terminal acetylenes is 1. The molecule has 0 unspecified atom stereocenters. The van der Waals surface area contributed by atoms with Crippen molar-refractivity contribution in [1.29, 1.82) is 0 Å². The van der Waals surface area contributed by atoms with Crippen LogP contribution in [-0.2, 0) is 19.1 Å². The number of hydrogen-bond donors (Lipinski definition) is 1. The molecule has 0 amide bonds. The van der Waals surface area contributed by atoms with Gasteiger partial charge in [-0.05, 0) is 84.6 Å². The van der Waals surface area contributed by atoms with Gasteiger partial charge >= 0.3 is 11.9 Å². The molecule has 1 atom stereocenters. The minimum atomic E-state index is -0.591. The molecule has 0 aromatic carbocycles. The summed E-state index contributed by atoms with van der Waals surface area (Å²) in [5, 5.41) is 12.2. The highest BCUT2D eigenvalue weighted by atomic mass is 16.6. The molecule has 4 rings (SSSR count). The topological polar surface area (TPSA) is 85.2 Å². The maximum absolute atomic E-state index is 11.7. The predicted octanol–water partition coefficient (Wildman–Crippen LogP) is 6.17. The van der Waals surface area contributed by atoms with Gasteiger partial charge in [0, 0.05) is 0 Å². The summed E-state index contributed by atoms with van der Waals surface area (Å²) in [4.78, 5) is 23.4. The molecule has 2 aliphatic heterocycles. The molecule has 2 saturated carbocycles. The monoisotopic (exact) mass is 495 g/mol. The highest BCUT2D eigenvalue weighted by Gasteiger charge is 2.54. The quantitative estimate of drug-likeness (QED) is 0.188. The van der Waals surface area contributed by atoms with E-state index in [0.29, 0.717) is 5.71 Å². The van der Waals surface area contributed by atoms with Crippen LogP contribution in [0.2, 0.25) is 0 Å². The fourth-order valence-electron chi connectivity index (χ4n) is 5.23. The number of oxime groups is 1. The van der Waals surface area contributed by atoms with Gasteiger partial charge in [-0.3, -0.25) is 9.59 Å². The van der Waals surface area contributed by atoms with E-state index in [2.05, 4.69) is 34.8 Å². The van der Waals surface area contributed by atoms with Gasteiger partial charge in [0.05, 0.1) is 5.41 Å². The summed E-state index contributed by atoms with van der Waals surface area (Å²) < 4.78 is 10.3. The summed E-state index contributed by atoms with van der Waals surface area (Å²) in [5.41, 5.74) is 0.897. The summed E-state index contributed by atoms with van der Waals surface area (Å²) in [5.74, 6) is 13.1. The molecule has 0 radical (unpaired) electrons. The lowest BCUT2D eigenvalue weighted by Gasteiger charge is -2.30. The number of rotatable bonds is 0. The molecule has 0 bridgehead atoms. The van der Waals surface area contributed by atoms with Crippen LogP contribution in [0.25, 0.3) is 0 Å². The Balaban J connectivity index is 0.000000272.